The normalized spacial score (nSPS) is 12.6. The van der Waals surface area contributed by atoms with Crippen molar-refractivity contribution in [1.29, 1.82) is 0 Å². The van der Waals surface area contributed by atoms with Gasteiger partial charge in [0.2, 0.25) is 21.9 Å². The second-order valence-corrected chi connectivity index (χ2v) is 19.0. The molecule has 0 aliphatic heterocycles. The summed E-state index contributed by atoms with van der Waals surface area (Å²) in [5, 5.41) is 20.3. The van der Waals surface area contributed by atoms with Crippen molar-refractivity contribution in [3.63, 3.8) is 0 Å². The van der Waals surface area contributed by atoms with E-state index in [-0.39, 0.29) is 18.3 Å². The predicted molar refractivity (Wildman–Crippen MR) is 170 cm³/mol. The highest BCUT2D eigenvalue weighted by Crippen LogP contribution is 2.39. The summed E-state index contributed by atoms with van der Waals surface area (Å²) < 4.78 is 47.9. The van der Waals surface area contributed by atoms with Gasteiger partial charge in [-0.3, -0.25) is 4.57 Å². The maximum atomic E-state index is 14.2. The third-order valence-electron chi connectivity index (χ3n) is 6.68. The van der Waals surface area contributed by atoms with Crippen LogP contribution in [0.2, 0.25) is 30.7 Å². The first-order valence-corrected chi connectivity index (χ1v) is 19.2. The number of nitrogens with zero attached hydrogens (tertiary/aromatic N) is 5. The minimum Gasteiger partial charge on any atom is -0.494 e. The van der Waals surface area contributed by atoms with Crippen molar-refractivity contribution in [2.75, 3.05) is 37.9 Å². The molecule has 0 spiro atoms. The number of ether oxygens (including phenoxy) is 3. The van der Waals surface area contributed by atoms with Crippen LogP contribution in [0.15, 0.2) is 60.7 Å². The standard InChI is InChI=1S/C29H36ClN5O6SSi/c1-39-24-10-8-11-25(40-2)27(24)35-28(22-9-7-12-26(31-22)41-3)32-33-29(35)34(17-18-43(4,5)6)42(37,38)19-23(36)20-13-15-21(30)16-14-20/h7-16,23,36H,17-19H2,1-6H3/t23-/m1/s1. The number of aromatic nitrogens is 4. The third-order valence-corrected chi connectivity index (χ3v) is 10.4. The van der Waals surface area contributed by atoms with Crippen molar-refractivity contribution in [3.05, 3.63) is 71.2 Å². The van der Waals surface area contributed by atoms with Crippen LogP contribution in [0, 0.1) is 0 Å². The van der Waals surface area contributed by atoms with Gasteiger partial charge in [-0.15, -0.1) is 10.2 Å². The molecule has 4 aromatic rings. The van der Waals surface area contributed by atoms with Gasteiger partial charge in [0.05, 0.1) is 33.2 Å². The van der Waals surface area contributed by atoms with E-state index < -0.39 is 30.0 Å². The number of methoxy groups -OCH3 is 3. The van der Waals surface area contributed by atoms with Gasteiger partial charge in [0.1, 0.15) is 22.9 Å². The highest BCUT2D eigenvalue weighted by molar-refractivity contribution is 7.92. The first-order chi connectivity index (χ1) is 20.4. The monoisotopic (exact) mass is 645 g/mol. The van der Waals surface area contributed by atoms with Crippen molar-refractivity contribution in [2.24, 2.45) is 0 Å². The number of halogens is 1. The van der Waals surface area contributed by atoms with Gasteiger partial charge in [-0.05, 0) is 41.9 Å². The Bertz CT molecular complexity index is 1640. The molecule has 0 bridgehead atoms. The topological polar surface area (TPSA) is 129 Å². The van der Waals surface area contributed by atoms with E-state index >= 15 is 0 Å². The van der Waals surface area contributed by atoms with E-state index in [1.807, 2.05) is 0 Å². The van der Waals surface area contributed by atoms with Crippen LogP contribution >= 0.6 is 11.6 Å². The van der Waals surface area contributed by atoms with Crippen molar-refractivity contribution in [1.82, 2.24) is 19.7 Å². The molecule has 2 heterocycles. The maximum Gasteiger partial charge on any atom is 0.246 e. The van der Waals surface area contributed by atoms with Crippen LogP contribution < -0.4 is 18.5 Å². The predicted octanol–water partition coefficient (Wildman–Crippen LogP) is 5.22. The Labute approximate surface area is 258 Å². The largest absolute Gasteiger partial charge is 0.494 e. The average Bonchev–Trinajstić information content (AvgIpc) is 3.40. The molecule has 1 atom stereocenters. The molecule has 0 unspecified atom stereocenters. The molecule has 43 heavy (non-hydrogen) atoms. The van der Waals surface area contributed by atoms with E-state index in [4.69, 9.17) is 25.8 Å². The summed E-state index contributed by atoms with van der Waals surface area (Å²) in [5.74, 6) is 0.784. The van der Waals surface area contributed by atoms with Gasteiger partial charge in [-0.1, -0.05) is 55.5 Å². The number of aliphatic hydroxyl groups is 1. The number of benzene rings is 2. The number of para-hydroxylation sites is 1. The fraction of sp³-hybridized carbons (Fsp3) is 0.345. The van der Waals surface area contributed by atoms with Gasteiger partial charge in [0, 0.05) is 25.7 Å². The first-order valence-electron chi connectivity index (χ1n) is 13.5. The zero-order valence-corrected chi connectivity index (χ0v) is 27.6. The molecule has 0 aliphatic carbocycles. The number of anilines is 1. The quantitative estimate of drug-likeness (QED) is 0.195. The Kier molecular flexibility index (Phi) is 10.0. The number of hydrogen-bond acceptors (Lipinski definition) is 9. The van der Waals surface area contributed by atoms with Gasteiger partial charge in [-0.25, -0.2) is 17.7 Å². The summed E-state index contributed by atoms with van der Waals surface area (Å²) in [7, 11) is -1.43. The van der Waals surface area contributed by atoms with E-state index in [9.17, 15) is 13.5 Å². The minimum absolute atomic E-state index is 0.00368. The van der Waals surface area contributed by atoms with E-state index in [0.717, 1.165) is 0 Å². The Morgan fingerprint density at radius 2 is 1.56 bits per heavy atom. The van der Waals surface area contributed by atoms with Crippen molar-refractivity contribution in [3.8, 4) is 34.6 Å². The van der Waals surface area contributed by atoms with Crippen LogP contribution in [-0.4, -0.2) is 75.0 Å². The molecule has 2 aromatic carbocycles. The molecule has 0 aliphatic rings. The minimum atomic E-state index is -4.18. The lowest BCUT2D eigenvalue weighted by Crippen LogP contribution is -2.40. The van der Waals surface area contributed by atoms with Crippen molar-refractivity contribution < 1.29 is 27.7 Å². The van der Waals surface area contributed by atoms with Crippen LogP contribution in [0.1, 0.15) is 11.7 Å². The molecule has 0 saturated heterocycles. The van der Waals surface area contributed by atoms with Gasteiger partial charge in [0.25, 0.3) is 0 Å². The number of pyridine rings is 1. The van der Waals surface area contributed by atoms with Gasteiger partial charge in [-0.2, -0.15) is 0 Å². The average molecular weight is 646 g/mol. The molecule has 11 nitrogen and oxygen atoms in total. The lowest BCUT2D eigenvalue weighted by atomic mass is 10.1. The molecule has 0 amide bonds. The van der Waals surface area contributed by atoms with E-state index in [0.29, 0.717) is 45.4 Å². The zero-order chi connectivity index (χ0) is 31.4. The fourth-order valence-corrected chi connectivity index (χ4v) is 7.08. The van der Waals surface area contributed by atoms with Gasteiger partial charge >= 0.3 is 0 Å². The Hall–Kier alpha value is -3.65. The van der Waals surface area contributed by atoms with Gasteiger partial charge < -0.3 is 19.3 Å². The fourth-order valence-electron chi connectivity index (χ4n) is 4.39. The molecule has 4 rings (SSSR count). The second kappa shape index (κ2) is 13.3. The summed E-state index contributed by atoms with van der Waals surface area (Å²) in [4.78, 5) is 4.53. The molecule has 1 N–H and O–H groups in total. The highest BCUT2D eigenvalue weighted by atomic mass is 35.5. The molecule has 0 saturated carbocycles. The van der Waals surface area contributed by atoms with E-state index in [1.165, 1.54) is 25.6 Å². The summed E-state index contributed by atoms with van der Waals surface area (Å²) in [6, 6.07) is 17.4. The molecule has 230 valence electrons. The molecule has 2 aromatic heterocycles. The van der Waals surface area contributed by atoms with Crippen LogP contribution in [0.25, 0.3) is 17.2 Å². The molecular weight excluding hydrogens is 610 g/mol. The molecule has 14 heteroatoms. The number of aliphatic hydroxyl groups excluding tert-OH is 1. The van der Waals surface area contributed by atoms with Crippen LogP contribution in [-0.2, 0) is 10.0 Å². The number of hydrogen-bond donors (Lipinski definition) is 1. The Morgan fingerprint density at radius 1 is 0.930 bits per heavy atom. The first kappa shape index (κ1) is 32.3. The van der Waals surface area contributed by atoms with Crippen LogP contribution in [0.4, 0.5) is 5.95 Å². The van der Waals surface area contributed by atoms with Crippen molar-refractivity contribution >= 4 is 35.6 Å². The lowest BCUT2D eigenvalue weighted by molar-refractivity contribution is 0.201. The molecule has 0 radical (unpaired) electrons. The van der Waals surface area contributed by atoms with E-state index in [2.05, 4.69) is 34.8 Å². The Balaban J connectivity index is 1.95. The maximum absolute atomic E-state index is 14.2. The number of sulfonamides is 1. The summed E-state index contributed by atoms with van der Waals surface area (Å²) in [6.07, 6.45) is -1.31. The third kappa shape index (κ3) is 7.47. The molecular formula is C29H36ClN5O6SSi. The zero-order valence-electron chi connectivity index (χ0n) is 25.0. The number of rotatable bonds is 13. The van der Waals surface area contributed by atoms with Crippen LogP contribution in [0.3, 0.4) is 0 Å². The van der Waals surface area contributed by atoms with Crippen LogP contribution in [0.5, 0.6) is 17.4 Å². The summed E-state index contributed by atoms with van der Waals surface area (Å²) >= 11 is 6.01. The second-order valence-electron chi connectivity index (χ2n) is 11.0. The highest BCUT2D eigenvalue weighted by Gasteiger charge is 2.34. The van der Waals surface area contributed by atoms with E-state index in [1.54, 1.807) is 65.2 Å². The molecule has 0 fully saturated rings. The smallest absolute Gasteiger partial charge is 0.246 e. The SMILES string of the molecule is COc1cccc(-c2nnc(N(CC[Si](C)(C)C)S(=O)(=O)C[C@@H](O)c3ccc(Cl)cc3)n2-c2c(OC)cccc2OC)n1. The lowest BCUT2D eigenvalue weighted by Gasteiger charge is -2.28. The Morgan fingerprint density at radius 3 is 2.14 bits per heavy atom. The summed E-state index contributed by atoms with van der Waals surface area (Å²) in [5.41, 5.74) is 1.20. The van der Waals surface area contributed by atoms with Gasteiger partial charge in [0.15, 0.2) is 5.82 Å². The van der Waals surface area contributed by atoms with Crippen molar-refractivity contribution in [2.45, 2.75) is 31.8 Å². The summed E-state index contributed by atoms with van der Waals surface area (Å²) in [6.45, 7) is 6.58.